The van der Waals surface area contributed by atoms with E-state index in [2.05, 4.69) is 0 Å². The van der Waals surface area contributed by atoms with Gasteiger partial charge in [-0.3, -0.25) is 24.0 Å². The zero-order valence-electron chi connectivity index (χ0n) is 18.9. The number of aliphatic hydroxyl groups is 2. The van der Waals surface area contributed by atoms with Gasteiger partial charge in [-0.15, -0.1) is 0 Å². The van der Waals surface area contributed by atoms with Gasteiger partial charge in [-0.05, 0) is 35.4 Å². The Morgan fingerprint density at radius 2 is 1.78 bits per heavy atom. The average molecular weight is 511 g/mol. The fourth-order valence-corrected chi connectivity index (χ4v) is 5.82. The molecule has 0 spiro atoms. The van der Waals surface area contributed by atoms with E-state index in [0.717, 1.165) is 24.3 Å². The molecule has 3 aliphatic carbocycles. The first-order chi connectivity index (χ1) is 17.4. The summed E-state index contributed by atoms with van der Waals surface area (Å²) < 4.78 is 28.1. The highest BCUT2D eigenvalue weighted by atomic mass is 19.1. The number of hydrogen-bond donors (Lipinski definition) is 4. The number of hydrogen-bond acceptors (Lipinski definition) is 8. The third-order valence-electron chi connectivity index (χ3n) is 7.51. The Hall–Kier alpha value is -4.09. The van der Waals surface area contributed by atoms with Gasteiger partial charge in [0.25, 0.3) is 0 Å². The molecule has 37 heavy (non-hydrogen) atoms. The Bertz CT molecular complexity index is 1470. The van der Waals surface area contributed by atoms with Crippen LogP contribution in [0.2, 0.25) is 0 Å². The number of aliphatic hydroxyl groups excluding tert-OH is 1. The number of halogens is 2. The molecular formula is C26H19F2NO8. The van der Waals surface area contributed by atoms with Gasteiger partial charge < -0.3 is 21.1 Å². The van der Waals surface area contributed by atoms with Gasteiger partial charge in [-0.2, -0.15) is 0 Å². The number of fused-ring (bicyclic) bond motifs is 3. The maximum Gasteiger partial charge on any atom is 0.235 e. The van der Waals surface area contributed by atoms with Crippen molar-refractivity contribution in [1.82, 2.24) is 0 Å². The summed E-state index contributed by atoms with van der Waals surface area (Å²) >= 11 is 0. The maximum absolute atomic E-state index is 14.6. The number of ketones is 4. The number of phenols is 1. The molecule has 2 saturated carbocycles. The Morgan fingerprint density at radius 3 is 2.43 bits per heavy atom. The first-order valence-electron chi connectivity index (χ1n) is 11.2. The van der Waals surface area contributed by atoms with Gasteiger partial charge in [0.15, 0.2) is 34.7 Å². The standard InChI is InChI=1S/C26H19F2NO8/c27-10-5-4-9(14(28)7-10)6-12-11-2-1-3-15(30)17(11)22(33)20-18(12)21(32)13-8-16(31)19(25(29)36)23(34)26(13,37)24(20)35/h1-7,13,18-21,30,32,37H,8H2,(H2,29,36)/t13-,18-,19?,20?,21-,26-/m1/s1. The predicted molar refractivity (Wildman–Crippen MR) is 120 cm³/mol. The van der Waals surface area contributed by atoms with Gasteiger partial charge >= 0.3 is 0 Å². The highest BCUT2D eigenvalue weighted by Crippen LogP contribution is 2.54. The lowest BCUT2D eigenvalue weighted by Crippen LogP contribution is -2.72. The fraction of sp³-hybridized carbons (Fsp3) is 0.269. The van der Waals surface area contributed by atoms with Crippen LogP contribution in [0.5, 0.6) is 5.75 Å². The lowest BCUT2D eigenvalue weighted by atomic mass is 9.51. The number of nitrogens with two attached hydrogens (primary N) is 1. The molecule has 0 heterocycles. The van der Waals surface area contributed by atoms with Crippen LogP contribution < -0.4 is 5.73 Å². The highest BCUT2D eigenvalue weighted by molar-refractivity contribution is 6.32. The van der Waals surface area contributed by atoms with E-state index >= 15 is 0 Å². The number of amides is 1. The molecule has 0 aliphatic heterocycles. The molecule has 2 fully saturated rings. The second-order valence-corrected chi connectivity index (χ2v) is 9.43. The number of benzene rings is 2. The Balaban J connectivity index is 1.76. The van der Waals surface area contributed by atoms with Crippen LogP contribution in [-0.4, -0.2) is 56.1 Å². The third-order valence-corrected chi connectivity index (χ3v) is 7.51. The minimum Gasteiger partial charge on any atom is -0.507 e. The summed E-state index contributed by atoms with van der Waals surface area (Å²) in [5, 5.41) is 33.1. The number of aromatic hydroxyl groups is 1. The molecule has 2 aromatic rings. The topological polar surface area (TPSA) is 172 Å². The SMILES string of the molecule is NC(=O)C1C(=O)C[C@@H]2[C@@H](O)[C@@H]3C(=Cc4ccc(F)cc4F)c4cccc(O)c4C(=O)C3C(=O)[C@]2(O)C1=O. The molecule has 190 valence electrons. The van der Waals surface area contributed by atoms with Crippen molar-refractivity contribution in [2.75, 3.05) is 0 Å². The number of primary amides is 1. The van der Waals surface area contributed by atoms with Crippen LogP contribution in [0.25, 0.3) is 11.6 Å². The summed E-state index contributed by atoms with van der Waals surface area (Å²) in [4.78, 5) is 64.6. The lowest BCUT2D eigenvalue weighted by Gasteiger charge is -2.51. The van der Waals surface area contributed by atoms with E-state index < -0.39 is 88.2 Å². The molecule has 11 heteroatoms. The van der Waals surface area contributed by atoms with Crippen LogP contribution in [0.15, 0.2) is 36.4 Å². The molecule has 1 amide bonds. The first-order valence-corrected chi connectivity index (χ1v) is 11.2. The van der Waals surface area contributed by atoms with Crippen molar-refractivity contribution in [2.24, 2.45) is 29.4 Å². The molecule has 5 N–H and O–H groups in total. The number of Topliss-reactive ketones (excluding diaryl/α,β-unsaturated/α-hetero) is 4. The largest absolute Gasteiger partial charge is 0.507 e. The zero-order chi connectivity index (χ0) is 27.0. The number of carbonyl (C=O) groups is 5. The molecule has 0 aromatic heterocycles. The minimum absolute atomic E-state index is 0.0131. The van der Waals surface area contributed by atoms with Gasteiger partial charge in [0.05, 0.1) is 17.6 Å². The summed E-state index contributed by atoms with van der Waals surface area (Å²) in [6, 6.07) is 6.56. The highest BCUT2D eigenvalue weighted by Gasteiger charge is 2.69. The van der Waals surface area contributed by atoms with Gasteiger partial charge in [-0.1, -0.05) is 12.1 Å². The van der Waals surface area contributed by atoms with E-state index in [4.69, 9.17) is 5.73 Å². The van der Waals surface area contributed by atoms with Crippen molar-refractivity contribution in [3.05, 3.63) is 64.7 Å². The Morgan fingerprint density at radius 1 is 1.08 bits per heavy atom. The predicted octanol–water partition coefficient (Wildman–Crippen LogP) is 0.574. The van der Waals surface area contributed by atoms with Gasteiger partial charge in [0, 0.05) is 29.9 Å². The van der Waals surface area contributed by atoms with E-state index in [1.54, 1.807) is 0 Å². The van der Waals surface area contributed by atoms with E-state index in [1.807, 2.05) is 0 Å². The van der Waals surface area contributed by atoms with Crippen LogP contribution in [0.3, 0.4) is 0 Å². The molecule has 9 nitrogen and oxygen atoms in total. The Kier molecular flexibility index (Phi) is 5.46. The van der Waals surface area contributed by atoms with Crippen molar-refractivity contribution in [3.63, 3.8) is 0 Å². The van der Waals surface area contributed by atoms with Crippen molar-refractivity contribution in [1.29, 1.82) is 0 Å². The van der Waals surface area contributed by atoms with Crippen LogP contribution in [0.4, 0.5) is 8.78 Å². The molecule has 2 unspecified atom stereocenters. The third kappa shape index (κ3) is 3.31. The van der Waals surface area contributed by atoms with Crippen LogP contribution in [-0.2, 0) is 19.2 Å². The number of rotatable bonds is 2. The summed E-state index contributed by atoms with van der Waals surface area (Å²) in [6.45, 7) is 0. The smallest absolute Gasteiger partial charge is 0.235 e. The lowest BCUT2D eigenvalue weighted by molar-refractivity contribution is -0.185. The zero-order valence-corrected chi connectivity index (χ0v) is 18.9. The monoisotopic (exact) mass is 511 g/mol. The van der Waals surface area contributed by atoms with Gasteiger partial charge in [0.1, 0.15) is 17.4 Å². The van der Waals surface area contributed by atoms with Crippen molar-refractivity contribution >= 4 is 40.7 Å². The van der Waals surface area contributed by atoms with Crippen LogP contribution >= 0.6 is 0 Å². The molecule has 0 bridgehead atoms. The molecule has 3 aliphatic rings. The van der Waals surface area contributed by atoms with E-state index in [1.165, 1.54) is 12.1 Å². The quantitative estimate of drug-likeness (QED) is 0.424. The summed E-state index contributed by atoms with van der Waals surface area (Å²) in [6.07, 6.45) is -1.48. The number of phenolic OH excluding ortho intramolecular Hbond substituents is 1. The van der Waals surface area contributed by atoms with Gasteiger partial charge in [0.2, 0.25) is 5.91 Å². The maximum atomic E-state index is 14.6. The summed E-state index contributed by atoms with van der Waals surface area (Å²) in [7, 11) is 0. The molecular weight excluding hydrogens is 492 g/mol. The normalized spacial score (nSPS) is 32.1. The van der Waals surface area contributed by atoms with Crippen LogP contribution in [0.1, 0.15) is 27.9 Å². The molecule has 2 aromatic carbocycles. The molecule has 5 rings (SSSR count). The van der Waals surface area contributed by atoms with E-state index in [-0.39, 0.29) is 22.3 Å². The number of carbonyl (C=O) groups excluding carboxylic acids is 5. The average Bonchev–Trinajstić information content (AvgIpc) is 2.82. The first kappa shape index (κ1) is 24.6. The Labute approximate surface area is 207 Å². The minimum atomic E-state index is -3.09. The van der Waals surface area contributed by atoms with E-state index in [0.29, 0.717) is 6.07 Å². The second-order valence-electron chi connectivity index (χ2n) is 9.43. The van der Waals surface area contributed by atoms with Crippen molar-refractivity contribution in [3.8, 4) is 5.75 Å². The summed E-state index contributed by atoms with van der Waals surface area (Å²) in [5.41, 5.74) is 1.54. The molecule has 6 atom stereocenters. The fourth-order valence-electron chi connectivity index (χ4n) is 5.82. The summed E-state index contributed by atoms with van der Waals surface area (Å²) in [5.74, 6) is -16.0. The molecule has 0 radical (unpaired) electrons. The molecule has 0 saturated heterocycles. The van der Waals surface area contributed by atoms with Crippen LogP contribution in [0, 0.1) is 35.3 Å². The van der Waals surface area contributed by atoms with Crippen molar-refractivity contribution in [2.45, 2.75) is 18.1 Å². The second kappa shape index (κ2) is 8.22. The van der Waals surface area contributed by atoms with Crippen molar-refractivity contribution < 1.29 is 48.1 Å². The van der Waals surface area contributed by atoms with E-state index in [9.17, 15) is 48.1 Å². The van der Waals surface area contributed by atoms with Gasteiger partial charge in [-0.25, -0.2) is 8.78 Å².